The Kier molecular flexibility index (Phi) is 3.24. The van der Waals surface area contributed by atoms with Gasteiger partial charge < -0.3 is 9.47 Å². The predicted octanol–water partition coefficient (Wildman–Crippen LogP) is 1.17. The lowest BCUT2D eigenvalue weighted by Gasteiger charge is -2.28. The zero-order valence-corrected chi connectivity index (χ0v) is 11.1. The first kappa shape index (κ1) is 12.8. The number of carbonyl (C=O) groups excluding carboxylic acids is 1. The van der Waals surface area contributed by atoms with E-state index in [-0.39, 0.29) is 16.9 Å². The summed E-state index contributed by atoms with van der Waals surface area (Å²) in [5.74, 6) is 0.721. The van der Waals surface area contributed by atoms with Gasteiger partial charge in [0.15, 0.2) is 5.82 Å². The summed E-state index contributed by atoms with van der Waals surface area (Å²) in [6.45, 7) is 7.14. The second kappa shape index (κ2) is 4.55. The van der Waals surface area contributed by atoms with Gasteiger partial charge in [0.25, 0.3) is 5.56 Å². The van der Waals surface area contributed by atoms with Crippen LogP contribution in [0, 0.1) is 0 Å². The van der Waals surface area contributed by atoms with Crippen molar-refractivity contribution in [2.75, 3.05) is 18.0 Å². The molecule has 0 spiro atoms. The third-order valence-electron chi connectivity index (χ3n) is 3.17. The molecular formula is C13H19N3O2. The first-order valence-corrected chi connectivity index (χ1v) is 6.24. The largest absolute Gasteiger partial charge is 0.351 e. The molecule has 1 aromatic rings. The molecule has 2 rings (SSSR count). The van der Waals surface area contributed by atoms with Crippen LogP contribution in [0.4, 0.5) is 5.82 Å². The quantitative estimate of drug-likeness (QED) is 0.749. The smallest absolute Gasteiger partial charge is 0.293 e. The van der Waals surface area contributed by atoms with Gasteiger partial charge in [-0.3, -0.25) is 9.59 Å². The van der Waals surface area contributed by atoms with E-state index >= 15 is 0 Å². The fourth-order valence-electron chi connectivity index (χ4n) is 2.11. The Morgan fingerprint density at radius 3 is 2.33 bits per heavy atom. The van der Waals surface area contributed by atoms with E-state index in [1.165, 1.54) is 0 Å². The number of ketones is 1. The normalized spacial score (nSPS) is 17.1. The van der Waals surface area contributed by atoms with Gasteiger partial charge in [0, 0.05) is 43.9 Å². The number of aromatic nitrogens is 2. The molecule has 1 aliphatic rings. The van der Waals surface area contributed by atoms with Crippen molar-refractivity contribution in [1.82, 2.24) is 9.55 Å². The highest BCUT2D eigenvalue weighted by Crippen LogP contribution is 2.15. The maximum atomic E-state index is 12.4. The Morgan fingerprint density at radius 2 is 1.78 bits per heavy atom. The van der Waals surface area contributed by atoms with Gasteiger partial charge in [-0.2, -0.15) is 0 Å². The Bertz CT molecular complexity index is 504. The van der Waals surface area contributed by atoms with Crippen LogP contribution in [-0.2, 0) is 10.3 Å². The van der Waals surface area contributed by atoms with Gasteiger partial charge in [0.2, 0.25) is 0 Å². The minimum Gasteiger partial charge on any atom is -0.351 e. The summed E-state index contributed by atoms with van der Waals surface area (Å²) in [4.78, 5) is 29.7. The highest BCUT2D eigenvalue weighted by molar-refractivity contribution is 5.80. The second-order valence-electron chi connectivity index (χ2n) is 5.62. The molecule has 0 aliphatic carbocycles. The number of nitrogens with zero attached hydrogens (tertiary/aromatic N) is 3. The highest BCUT2D eigenvalue weighted by Gasteiger charge is 2.23. The molecule has 0 atom stereocenters. The number of anilines is 1. The van der Waals surface area contributed by atoms with Gasteiger partial charge in [0.1, 0.15) is 5.78 Å². The van der Waals surface area contributed by atoms with E-state index in [1.807, 2.05) is 25.7 Å². The molecule has 0 N–H and O–H groups in total. The van der Waals surface area contributed by atoms with Gasteiger partial charge in [-0.1, -0.05) is 0 Å². The Labute approximate surface area is 106 Å². The number of piperidine rings is 1. The monoisotopic (exact) mass is 249 g/mol. The summed E-state index contributed by atoms with van der Waals surface area (Å²) in [7, 11) is 0. The highest BCUT2D eigenvalue weighted by atomic mass is 16.1. The summed E-state index contributed by atoms with van der Waals surface area (Å²) in [6, 6.07) is 0. The van der Waals surface area contributed by atoms with Crippen LogP contribution in [0.1, 0.15) is 33.6 Å². The molecule has 0 aromatic carbocycles. The molecule has 0 bridgehead atoms. The molecular weight excluding hydrogens is 230 g/mol. The third-order valence-corrected chi connectivity index (χ3v) is 3.17. The summed E-state index contributed by atoms with van der Waals surface area (Å²) in [5, 5.41) is 0. The number of hydrogen-bond donors (Lipinski definition) is 0. The molecule has 0 amide bonds. The Morgan fingerprint density at radius 1 is 1.17 bits per heavy atom. The van der Waals surface area contributed by atoms with Crippen LogP contribution in [0.3, 0.4) is 0 Å². The van der Waals surface area contributed by atoms with E-state index in [1.54, 1.807) is 17.0 Å². The van der Waals surface area contributed by atoms with Crippen LogP contribution >= 0.6 is 0 Å². The van der Waals surface area contributed by atoms with E-state index in [9.17, 15) is 9.59 Å². The lowest BCUT2D eigenvalue weighted by Crippen LogP contribution is -2.42. The average Bonchev–Trinajstić information content (AvgIpc) is 2.29. The molecule has 18 heavy (non-hydrogen) atoms. The summed E-state index contributed by atoms with van der Waals surface area (Å²) in [5.41, 5.74) is -0.347. The van der Waals surface area contributed by atoms with Crippen molar-refractivity contribution in [1.29, 1.82) is 0 Å². The van der Waals surface area contributed by atoms with Crippen LogP contribution in [0.25, 0.3) is 0 Å². The van der Waals surface area contributed by atoms with Crippen molar-refractivity contribution in [2.24, 2.45) is 0 Å². The molecule has 0 unspecified atom stereocenters. The Hall–Kier alpha value is -1.65. The van der Waals surface area contributed by atoms with Crippen LogP contribution in [0.15, 0.2) is 17.2 Å². The number of hydrogen-bond acceptors (Lipinski definition) is 4. The van der Waals surface area contributed by atoms with Crippen molar-refractivity contribution in [2.45, 2.75) is 39.2 Å². The second-order valence-corrected chi connectivity index (χ2v) is 5.62. The predicted molar refractivity (Wildman–Crippen MR) is 69.9 cm³/mol. The van der Waals surface area contributed by atoms with Crippen LogP contribution in [0.5, 0.6) is 0 Å². The average molecular weight is 249 g/mol. The van der Waals surface area contributed by atoms with Gasteiger partial charge in [0.05, 0.1) is 0 Å². The standard InChI is InChI=1S/C13H19N3O2/c1-13(2,3)16-9-6-14-11(12(16)18)15-7-4-10(17)5-8-15/h6,9H,4-5,7-8H2,1-3H3. The zero-order chi connectivity index (χ0) is 13.3. The van der Waals surface area contributed by atoms with Crippen molar-refractivity contribution in [3.63, 3.8) is 0 Å². The number of carbonyl (C=O) groups is 1. The molecule has 5 heteroatoms. The molecule has 0 radical (unpaired) electrons. The molecule has 98 valence electrons. The van der Waals surface area contributed by atoms with E-state index < -0.39 is 0 Å². The molecule has 1 aromatic heterocycles. The van der Waals surface area contributed by atoms with E-state index in [4.69, 9.17) is 0 Å². The lowest BCUT2D eigenvalue weighted by molar-refractivity contribution is -0.119. The van der Waals surface area contributed by atoms with Crippen molar-refractivity contribution in [3.05, 3.63) is 22.7 Å². The summed E-state index contributed by atoms with van der Waals surface area (Å²) >= 11 is 0. The fourth-order valence-corrected chi connectivity index (χ4v) is 2.11. The minimum absolute atomic E-state index is 0.0839. The third kappa shape index (κ3) is 2.44. The van der Waals surface area contributed by atoms with Gasteiger partial charge >= 0.3 is 0 Å². The van der Waals surface area contributed by atoms with Crippen LogP contribution in [0.2, 0.25) is 0 Å². The molecule has 1 aliphatic heterocycles. The maximum absolute atomic E-state index is 12.4. The molecule has 5 nitrogen and oxygen atoms in total. The fraction of sp³-hybridized carbons (Fsp3) is 0.615. The first-order chi connectivity index (χ1) is 8.39. The van der Waals surface area contributed by atoms with Crippen LogP contribution < -0.4 is 10.5 Å². The topological polar surface area (TPSA) is 55.2 Å². The first-order valence-electron chi connectivity index (χ1n) is 6.24. The van der Waals surface area contributed by atoms with E-state index in [2.05, 4.69) is 4.98 Å². The zero-order valence-electron chi connectivity index (χ0n) is 11.1. The van der Waals surface area contributed by atoms with E-state index in [0.717, 1.165) is 0 Å². The van der Waals surface area contributed by atoms with Gasteiger partial charge in [-0.05, 0) is 20.8 Å². The Balaban J connectivity index is 2.35. The molecule has 1 fully saturated rings. The molecule has 0 saturated carbocycles. The van der Waals surface area contributed by atoms with Crippen molar-refractivity contribution < 1.29 is 4.79 Å². The van der Waals surface area contributed by atoms with Crippen molar-refractivity contribution >= 4 is 11.6 Å². The number of rotatable bonds is 1. The van der Waals surface area contributed by atoms with E-state index in [0.29, 0.717) is 31.7 Å². The lowest BCUT2D eigenvalue weighted by atomic mass is 10.1. The summed E-state index contributed by atoms with van der Waals surface area (Å²) < 4.78 is 1.69. The molecule has 2 heterocycles. The van der Waals surface area contributed by atoms with Gasteiger partial charge in [-0.25, -0.2) is 4.98 Å². The molecule has 1 saturated heterocycles. The van der Waals surface area contributed by atoms with Crippen LogP contribution in [-0.4, -0.2) is 28.4 Å². The van der Waals surface area contributed by atoms with Crippen molar-refractivity contribution in [3.8, 4) is 0 Å². The maximum Gasteiger partial charge on any atom is 0.293 e. The summed E-state index contributed by atoms with van der Waals surface area (Å²) in [6.07, 6.45) is 4.37. The SMILES string of the molecule is CC(C)(C)n1ccnc(N2CCC(=O)CC2)c1=O. The number of Topliss-reactive ketones (excluding diaryl/α,β-unsaturated/α-hetero) is 1. The van der Waals surface area contributed by atoms with Gasteiger partial charge in [-0.15, -0.1) is 0 Å². The minimum atomic E-state index is -0.264.